The molecule has 0 saturated heterocycles. The molecule has 0 aliphatic rings. The summed E-state index contributed by atoms with van der Waals surface area (Å²) in [5.74, 6) is 0.707. The van der Waals surface area contributed by atoms with Gasteiger partial charge in [-0.05, 0) is 31.2 Å². The van der Waals surface area contributed by atoms with E-state index in [4.69, 9.17) is 10.4 Å². The van der Waals surface area contributed by atoms with Gasteiger partial charge in [0.2, 0.25) is 16.0 Å². The molecular weight excluding hydrogens is 344 g/mol. The number of aliphatic hydroxyl groups is 1. The van der Waals surface area contributed by atoms with Gasteiger partial charge in [0.05, 0.1) is 17.7 Å². The van der Waals surface area contributed by atoms with Crippen LogP contribution in [-0.4, -0.2) is 43.2 Å². The van der Waals surface area contributed by atoms with Crippen LogP contribution in [0.2, 0.25) is 0 Å². The highest BCUT2D eigenvalue weighted by molar-refractivity contribution is 7.89. The van der Waals surface area contributed by atoms with Gasteiger partial charge in [0.1, 0.15) is 17.5 Å². The molecule has 0 unspecified atom stereocenters. The quantitative estimate of drug-likeness (QED) is 0.540. The average Bonchev–Trinajstić information content (AvgIpc) is 2.61. The summed E-state index contributed by atoms with van der Waals surface area (Å²) in [4.78, 5) is 8.37. The fourth-order valence-corrected chi connectivity index (χ4v) is 2.96. The van der Waals surface area contributed by atoms with Crippen molar-refractivity contribution in [2.24, 2.45) is 0 Å². The SMILES string of the molecule is CCNc1nc(Nc2ccc(S(=O)(=O)NCCO)cc2)ncc1C#N. The molecule has 0 spiro atoms. The Bertz CT molecular complexity index is 862. The fraction of sp³-hybridized carbons (Fsp3) is 0.267. The third kappa shape index (κ3) is 4.87. The fourth-order valence-electron chi connectivity index (χ4n) is 1.94. The number of aromatic nitrogens is 2. The van der Waals surface area contributed by atoms with Gasteiger partial charge in [0.15, 0.2) is 0 Å². The van der Waals surface area contributed by atoms with Crippen molar-refractivity contribution in [3.63, 3.8) is 0 Å². The van der Waals surface area contributed by atoms with Gasteiger partial charge in [0.25, 0.3) is 0 Å². The molecule has 2 aromatic rings. The van der Waals surface area contributed by atoms with Gasteiger partial charge >= 0.3 is 0 Å². The highest BCUT2D eigenvalue weighted by Gasteiger charge is 2.13. The predicted octanol–water partition coefficient (Wildman–Crippen LogP) is 0.794. The van der Waals surface area contributed by atoms with Crippen molar-refractivity contribution in [1.29, 1.82) is 5.26 Å². The van der Waals surface area contributed by atoms with Gasteiger partial charge in [-0.2, -0.15) is 10.2 Å². The number of nitriles is 1. The van der Waals surface area contributed by atoms with Crippen molar-refractivity contribution in [2.75, 3.05) is 30.3 Å². The van der Waals surface area contributed by atoms with E-state index in [1.54, 1.807) is 12.1 Å². The molecule has 25 heavy (non-hydrogen) atoms. The summed E-state index contributed by atoms with van der Waals surface area (Å²) in [6.07, 6.45) is 1.41. The maximum absolute atomic E-state index is 11.9. The van der Waals surface area contributed by atoms with E-state index in [9.17, 15) is 8.42 Å². The molecule has 9 nitrogen and oxygen atoms in total. The average molecular weight is 362 g/mol. The zero-order valence-electron chi connectivity index (χ0n) is 13.5. The Hall–Kier alpha value is -2.74. The highest BCUT2D eigenvalue weighted by atomic mass is 32.2. The van der Waals surface area contributed by atoms with E-state index in [1.165, 1.54) is 18.3 Å². The Labute approximate surface area is 145 Å². The van der Waals surface area contributed by atoms with Crippen molar-refractivity contribution in [3.8, 4) is 6.07 Å². The molecular formula is C15H18N6O3S. The molecule has 2 rings (SSSR count). The smallest absolute Gasteiger partial charge is 0.240 e. The minimum absolute atomic E-state index is 0.0470. The number of aliphatic hydroxyl groups excluding tert-OH is 1. The van der Waals surface area contributed by atoms with Crippen LogP contribution in [-0.2, 0) is 10.0 Å². The summed E-state index contributed by atoms with van der Waals surface area (Å²) in [5.41, 5.74) is 0.928. The van der Waals surface area contributed by atoms with Crippen molar-refractivity contribution in [2.45, 2.75) is 11.8 Å². The molecule has 0 saturated carbocycles. The van der Waals surface area contributed by atoms with E-state index in [-0.39, 0.29) is 24.0 Å². The topological polar surface area (TPSA) is 140 Å². The molecule has 0 amide bonds. The molecule has 0 aliphatic heterocycles. The number of nitrogens with zero attached hydrogens (tertiary/aromatic N) is 3. The van der Waals surface area contributed by atoms with Crippen LogP contribution in [0.4, 0.5) is 17.5 Å². The van der Waals surface area contributed by atoms with E-state index < -0.39 is 10.0 Å². The second kappa shape index (κ2) is 8.39. The summed E-state index contributed by atoms with van der Waals surface area (Å²) >= 11 is 0. The van der Waals surface area contributed by atoms with E-state index in [2.05, 4.69) is 25.3 Å². The van der Waals surface area contributed by atoms with Crippen LogP contribution in [0.25, 0.3) is 0 Å². The van der Waals surface area contributed by atoms with E-state index in [0.717, 1.165) is 0 Å². The third-order valence-electron chi connectivity index (χ3n) is 3.08. The molecule has 1 heterocycles. The van der Waals surface area contributed by atoms with E-state index >= 15 is 0 Å². The lowest BCUT2D eigenvalue weighted by Gasteiger charge is -2.09. The molecule has 4 N–H and O–H groups in total. The predicted molar refractivity (Wildman–Crippen MR) is 92.9 cm³/mol. The molecule has 0 bridgehead atoms. The monoisotopic (exact) mass is 362 g/mol. The molecule has 1 aromatic heterocycles. The summed E-state index contributed by atoms with van der Waals surface area (Å²) in [5, 5.41) is 23.7. The van der Waals surface area contributed by atoms with Crippen LogP contribution >= 0.6 is 0 Å². The molecule has 10 heteroatoms. The molecule has 0 aliphatic carbocycles. The van der Waals surface area contributed by atoms with Crippen LogP contribution in [0.15, 0.2) is 35.4 Å². The van der Waals surface area contributed by atoms with Crippen LogP contribution in [0.1, 0.15) is 12.5 Å². The number of benzene rings is 1. The van der Waals surface area contributed by atoms with Crippen molar-refractivity contribution in [1.82, 2.24) is 14.7 Å². The summed E-state index contributed by atoms with van der Waals surface area (Å²) in [6.45, 7) is 2.18. The lowest BCUT2D eigenvalue weighted by molar-refractivity contribution is 0.301. The van der Waals surface area contributed by atoms with Crippen LogP contribution in [0.3, 0.4) is 0 Å². The third-order valence-corrected chi connectivity index (χ3v) is 4.56. The molecule has 132 valence electrons. The van der Waals surface area contributed by atoms with Crippen molar-refractivity contribution in [3.05, 3.63) is 36.0 Å². The first-order valence-electron chi connectivity index (χ1n) is 7.48. The van der Waals surface area contributed by atoms with Gasteiger partial charge in [-0.1, -0.05) is 0 Å². The number of rotatable bonds is 8. The lowest BCUT2D eigenvalue weighted by atomic mass is 10.3. The summed E-state index contributed by atoms with van der Waals surface area (Å²) in [6, 6.07) is 8.00. The number of sulfonamides is 1. The maximum Gasteiger partial charge on any atom is 0.240 e. The maximum atomic E-state index is 11.9. The van der Waals surface area contributed by atoms with Gasteiger partial charge in [-0.25, -0.2) is 18.1 Å². The van der Waals surface area contributed by atoms with Gasteiger partial charge in [-0.15, -0.1) is 0 Å². The standard InChI is InChI=1S/C15H18N6O3S/c1-2-17-14-11(9-16)10-18-15(21-14)20-12-3-5-13(6-4-12)25(23,24)19-7-8-22/h3-6,10,19,22H,2,7-8H2,1H3,(H2,17,18,20,21). The number of nitrogens with one attached hydrogen (secondary N) is 3. The Kier molecular flexibility index (Phi) is 6.24. The number of hydrogen-bond donors (Lipinski definition) is 4. The molecule has 0 fully saturated rings. The van der Waals surface area contributed by atoms with Gasteiger partial charge < -0.3 is 15.7 Å². The Morgan fingerprint density at radius 2 is 2.00 bits per heavy atom. The first kappa shape index (κ1) is 18.6. The Morgan fingerprint density at radius 1 is 1.28 bits per heavy atom. The first-order chi connectivity index (χ1) is 12.0. The van der Waals surface area contributed by atoms with Crippen LogP contribution in [0, 0.1) is 11.3 Å². The second-order valence-electron chi connectivity index (χ2n) is 4.87. The Morgan fingerprint density at radius 3 is 2.60 bits per heavy atom. The number of hydrogen-bond acceptors (Lipinski definition) is 8. The van der Waals surface area contributed by atoms with Gasteiger partial charge in [0, 0.05) is 18.8 Å². The molecule has 1 aromatic carbocycles. The van der Waals surface area contributed by atoms with E-state index in [0.29, 0.717) is 23.6 Å². The normalized spacial score (nSPS) is 10.9. The summed E-state index contributed by atoms with van der Waals surface area (Å²) in [7, 11) is -3.65. The Balaban J connectivity index is 2.16. The van der Waals surface area contributed by atoms with Gasteiger partial charge in [-0.3, -0.25) is 0 Å². The zero-order chi connectivity index (χ0) is 18.3. The van der Waals surface area contributed by atoms with Crippen LogP contribution < -0.4 is 15.4 Å². The second-order valence-corrected chi connectivity index (χ2v) is 6.64. The van der Waals surface area contributed by atoms with Crippen molar-refractivity contribution < 1.29 is 13.5 Å². The summed E-state index contributed by atoms with van der Waals surface area (Å²) < 4.78 is 26.1. The van der Waals surface area contributed by atoms with E-state index in [1.807, 2.05) is 13.0 Å². The lowest BCUT2D eigenvalue weighted by Crippen LogP contribution is -2.26. The largest absolute Gasteiger partial charge is 0.395 e. The zero-order valence-corrected chi connectivity index (χ0v) is 14.3. The number of anilines is 3. The first-order valence-corrected chi connectivity index (χ1v) is 8.97. The molecule has 0 radical (unpaired) electrons. The molecule has 0 atom stereocenters. The van der Waals surface area contributed by atoms with Crippen LogP contribution in [0.5, 0.6) is 0 Å². The minimum Gasteiger partial charge on any atom is -0.395 e. The minimum atomic E-state index is -3.65. The highest BCUT2D eigenvalue weighted by Crippen LogP contribution is 2.19. The van der Waals surface area contributed by atoms with Crippen molar-refractivity contribution >= 4 is 27.5 Å².